The molecule has 0 aliphatic rings. The third-order valence-electron chi connectivity index (χ3n) is 4.72. The van der Waals surface area contributed by atoms with Gasteiger partial charge in [0.15, 0.2) is 11.7 Å². The van der Waals surface area contributed by atoms with Crippen LogP contribution in [-0.4, -0.2) is 45.2 Å². The zero-order chi connectivity index (χ0) is 26.3. The number of thiazole rings is 1. The van der Waals surface area contributed by atoms with Gasteiger partial charge in [-0.15, -0.1) is 0 Å². The van der Waals surface area contributed by atoms with E-state index in [4.69, 9.17) is 21.1 Å². The maximum absolute atomic E-state index is 12.5. The van der Waals surface area contributed by atoms with Crippen molar-refractivity contribution in [2.24, 2.45) is 0 Å². The second-order valence-corrected chi connectivity index (χ2v) is 10.8. The number of nitrogens with zero attached hydrogens (tertiary/aromatic N) is 1. The lowest BCUT2D eigenvalue weighted by Gasteiger charge is -2.10. The Kier molecular flexibility index (Phi) is 9.13. The Hall–Kier alpha value is -3.35. The second kappa shape index (κ2) is 12.1. The second-order valence-electron chi connectivity index (χ2n) is 7.66. The number of halogens is 1. The fourth-order valence-electron chi connectivity index (χ4n) is 2.88. The van der Waals surface area contributed by atoms with Crippen molar-refractivity contribution in [2.45, 2.75) is 25.7 Å². The molecule has 36 heavy (non-hydrogen) atoms. The van der Waals surface area contributed by atoms with Crippen molar-refractivity contribution in [1.82, 2.24) is 10.3 Å². The molecule has 0 saturated heterocycles. The average molecular weight is 553 g/mol. The third kappa shape index (κ3) is 7.83. The Balaban J connectivity index is 1.41. The molecule has 2 amide bonds. The molecular weight excluding hydrogens is 528 g/mol. The van der Waals surface area contributed by atoms with Crippen molar-refractivity contribution in [3.63, 3.8) is 0 Å². The van der Waals surface area contributed by atoms with E-state index in [2.05, 4.69) is 20.3 Å². The maximum atomic E-state index is 12.5. The van der Waals surface area contributed by atoms with Crippen molar-refractivity contribution >= 4 is 55.1 Å². The largest absolute Gasteiger partial charge is 0.484 e. The number of benzene rings is 2. The molecule has 0 unspecified atom stereocenters. The highest BCUT2D eigenvalue weighted by Gasteiger charge is 2.18. The van der Waals surface area contributed by atoms with Gasteiger partial charge in [0.2, 0.25) is 0 Å². The van der Waals surface area contributed by atoms with Crippen LogP contribution in [-0.2, 0) is 19.6 Å². The number of sulfonamides is 1. The fraction of sp³-hybridized carbons (Fsp3) is 0.261. The highest BCUT2D eigenvalue weighted by Crippen LogP contribution is 2.29. The Bertz CT molecular complexity index is 1340. The van der Waals surface area contributed by atoms with E-state index >= 15 is 0 Å². The van der Waals surface area contributed by atoms with E-state index in [0.29, 0.717) is 21.5 Å². The number of anilines is 2. The molecule has 0 aliphatic heterocycles. The minimum atomic E-state index is -3.82. The van der Waals surface area contributed by atoms with Crippen molar-refractivity contribution in [2.75, 3.05) is 29.8 Å². The van der Waals surface area contributed by atoms with E-state index in [9.17, 15) is 18.0 Å². The lowest BCUT2D eigenvalue weighted by atomic mass is 10.2. The standard InChI is InChI=1S/C23H25ClN4O6S2/c1-14-4-7-18(8-5-14)36(31,32)28-22-26-16(3)21(35-22)27-23(30)33-11-10-25-20(29)13-34-19-9-6-17(24)12-15(19)2/h4-9,12H,10-11,13H2,1-3H3,(H,25,29)(H,26,28)(H,27,30). The summed E-state index contributed by atoms with van der Waals surface area (Å²) in [6.07, 6.45) is -0.767. The minimum absolute atomic E-state index is 0.0810. The van der Waals surface area contributed by atoms with Gasteiger partial charge in [0.05, 0.1) is 17.1 Å². The molecule has 1 heterocycles. The Morgan fingerprint density at radius 2 is 1.81 bits per heavy atom. The van der Waals surface area contributed by atoms with Crippen LogP contribution in [0.4, 0.5) is 14.9 Å². The molecule has 0 saturated carbocycles. The summed E-state index contributed by atoms with van der Waals surface area (Å²) >= 11 is 6.85. The zero-order valence-corrected chi connectivity index (χ0v) is 22.1. The van der Waals surface area contributed by atoms with Crippen LogP contribution in [0.5, 0.6) is 5.75 Å². The first-order chi connectivity index (χ1) is 17.0. The number of ether oxygens (including phenoxy) is 2. The molecule has 3 N–H and O–H groups in total. The molecule has 0 atom stereocenters. The average Bonchev–Trinajstić information content (AvgIpc) is 3.14. The molecule has 2 aromatic carbocycles. The highest BCUT2D eigenvalue weighted by atomic mass is 35.5. The van der Waals surface area contributed by atoms with E-state index in [1.807, 2.05) is 13.8 Å². The molecule has 3 rings (SSSR count). The van der Waals surface area contributed by atoms with Gasteiger partial charge in [0, 0.05) is 5.02 Å². The van der Waals surface area contributed by atoms with Gasteiger partial charge in [-0.2, -0.15) is 0 Å². The highest BCUT2D eigenvalue weighted by molar-refractivity contribution is 7.93. The minimum Gasteiger partial charge on any atom is -0.484 e. The monoisotopic (exact) mass is 552 g/mol. The van der Waals surface area contributed by atoms with Gasteiger partial charge < -0.3 is 14.8 Å². The van der Waals surface area contributed by atoms with E-state index in [-0.39, 0.29) is 35.7 Å². The molecule has 0 aliphatic carbocycles. The summed E-state index contributed by atoms with van der Waals surface area (Å²) in [4.78, 5) is 28.3. The number of hydrogen-bond acceptors (Lipinski definition) is 8. The van der Waals surface area contributed by atoms with Crippen molar-refractivity contribution in [3.8, 4) is 5.75 Å². The summed E-state index contributed by atoms with van der Waals surface area (Å²) in [6.45, 7) is 5.10. The SMILES string of the molecule is Cc1ccc(S(=O)(=O)Nc2nc(C)c(NC(=O)OCCNC(=O)COc3ccc(Cl)cc3C)s2)cc1. The van der Waals surface area contributed by atoms with Gasteiger partial charge in [-0.3, -0.25) is 14.8 Å². The summed E-state index contributed by atoms with van der Waals surface area (Å²) in [5, 5.41) is 6.11. The maximum Gasteiger partial charge on any atom is 0.412 e. The predicted octanol–water partition coefficient (Wildman–Crippen LogP) is 4.27. The van der Waals surface area contributed by atoms with Crippen LogP contribution in [0.2, 0.25) is 5.02 Å². The zero-order valence-electron chi connectivity index (χ0n) is 19.8. The van der Waals surface area contributed by atoms with Crippen molar-refractivity contribution < 1.29 is 27.5 Å². The molecule has 0 bridgehead atoms. The summed E-state index contributed by atoms with van der Waals surface area (Å²) in [7, 11) is -3.82. The number of carbonyl (C=O) groups excluding carboxylic acids is 2. The Morgan fingerprint density at radius 1 is 1.08 bits per heavy atom. The molecule has 10 nitrogen and oxygen atoms in total. The first kappa shape index (κ1) is 27.2. The van der Waals surface area contributed by atoms with Crippen LogP contribution in [0.15, 0.2) is 47.4 Å². The summed E-state index contributed by atoms with van der Waals surface area (Å²) in [5.41, 5.74) is 2.16. The number of nitrogens with one attached hydrogen (secondary N) is 3. The molecule has 1 aromatic heterocycles. The van der Waals surface area contributed by atoms with E-state index in [0.717, 1.165) is 22.5 Å². The van der Waals surface area contributed by atoms with Crippen molar-refractivity contribution in [1.29, 1.82) is 0 Å². The number of carbonyl (C=O) groups is 2. The van der Waals surface area contributed by atoms with Crippen molar-refractivity contribution in [3.05, 3.63) is 64.3 Å². The quantitative estimate of drug-likeness (QED) is 0.320. The van der Waals surface area contributed by atoms with Crippen LogP contribution < -0.4 is 20.1 Å². The molecule has 192 valence electrons. The molecule has 0 radical (unpaired) electrons. The number of rotatable bonds is 10. The van der Waals surface area contributed by atoms with Gasteiger partial charge >= 0.3 is 6.09 Å². The summed E-state index contributed by atoms with van der Waals surface area (Å²) < 4.78 is 38.0. The lowest BCUT2D eigenvalue weighted by Crippen LogP contribution is -2.32. The van der Waals surface area contributed by atoms with E-state index in [1.165, 1.54) is 12.1 Å². The first-order valence-corrected chi connectivity index (χ1v) is 13.4. The van der Waals surface area contributed by atoms with E-state index in [1.54, 1.807) is 37.3 Å². The number of amides is 2. The lowest BCUT2D eigenvalue weighted by molar-refractivity contribution is -0.123. The van der Waals surface area contributed by atoms with Crippen LogP contribution in [0.25, 0.3) is 0 Å². The van der Waals surface area contributed by atoms with Gasteiger partial charge in [-0.25, -0.2) is 18.2 Å². The topological polar surface area (TPSA) is 136 Å². The van der Waals surface area contributed by atoms with Crippen LogP contribution in [0.1, 0.15) is 16.8 Å². The van der Waals surface area contributed by atoms with Gasteiger partial charge in [0.25, 0.3) is 15.9 Å². The van der Waals surface area contributed by atoms with E-state index < -0.39 is 16.1 Å². The molecule has 3 aromatic rings. The first-order valence-electron chi connectivity index (χ1n) is 10.7. The number of aromatic nitrogens is 1. The molecule has 0 fully saturated rings. The third-order valence-corrected chi connectivity index (χ3v) is 7.43. The Morgan fingerprint density at radius 3 is 2.50 bits per heavy atom. The Labute approximate surface area is 218 Å². The molecule has 0 spiro atoms. The molecular formula is C23H25ClN4O6S2. The van der Waals surface area contributed by atoms with Gasteiger partial charge in [-0.05, 0) is 56.7 Å². The van der Waals surface area contributed by atoms with Gasteiger partial charge in [0.1, 0.15) is 17.4 Å². The van der Waals surface area contributed by atoms with Crippen LogP contribution in [0, 0.1) is 20.8 Å². The van der Waals surface area contributed by atoms with Gasteiger partial charge in [-0.1, -0.05) is 40.6 Å². The summed E-state index contributed by atoms with van der Waals surface area (Å²) in [6, 6.07) is 11.5. The normalized spacial score (nSPS) is 11.0. The smallest absolute Gasteiger partial charge is 0.412 e. The molecule has 13 heteroatoms. The van der Waals surface area contributed by atoms with Crippen LogP contribution >= 0.6 is 22.9 Å². The predicted molar refractivity (Wildman–Crippen MR) is 139 cm³/mol. The van der Waals surface area contributed by atoms with Crippen LogP contribution in [0.3, 0.4) is 0 Å². The number of hydrogen-bond donors (Lipinski definition) is 3. The fourth-order valence-corrected chi connectivity index (χ4v) is 5.19. The number of aryl methyl sites for hydroxylation is 3. The summed E-state index contributed by atoms with van der Waals surface area (Å²) in [5.74, 6) is 0.169.